The van der Waals surface area contributed by atoms with Crippen LogP contribution in [0.5, 0.6) is 0 Å². The Hall–Kier alpha value is 1.63. The van der Waals surface area contributed by atoms with Crippen molar-refractivity contribution in [3.63, 3.8) is 0 Å². The molecule has 94 valence electrons. The Bertz CT molecular complexity index is 233. The maximum absolute atomic E-state index is 6.12. The van der Waals surface area contributed by atoms with Gasteiger partial charge in [0.2, 0.25) is 0 Å². The third-order valence-corrected chi connectivity index (χ3v) is 5.96. The van der Waals surface area contributed by atoms with Crippen molar-refractivity contribution in [3.05, 3.63) is 24.8 Å². The molecule has 0 aromatic carbocycles. The van der Waals surface area contributed by atoms with Crippen LogP contribution >= 0.6 is 67.8 Å². The van der Waals surface area contributed by atoms with Gasteiger partial charge in [0, 0.05) is 9.84 Å². The Kier molecular flexibility index (Phi) is 9.57. The first-order valence-corrected chi connectivity index (χ1v) is 8.77. The highest BCUT2D eigenvalue weighted by molar-refractivity contribution is 14.2. The number of nitrogens with two attached hydrogens (primary N) is 1. The first kappa shape index (κ1) is 17.6. The molecule has 0 aromatic rings. The summed E-state index contributed by atoms with van der Waals surface area (Å²) < 4.78 is 0.422. The van der Waals surface area contributed by atoms with Crippen LogP contribution in [0, 0.1) is 11.8 Å². The second-order valence-corrected chi connectivity index (χ2v) is 11.3. The molecule has 4 heteroatoms. The number of alkyl halides is 3. The largest absolute Gasteiger partial charge is 0.308 e. The molecule has 0 heterocycles. The van der Waals surface area contributed by atoms with E-state index < -0.39 is 0 Å². The summed E-state index contributed by atoms with van der Waals surface area (Å²) in [5, 5.41) is 0. The molecular formula is C12H20I3N. The van der Waals surface area contributed by atoms with Gasteiger partial charge in [-0.25, -0.2) is 0 Å². The predicted octanol–water partition coefficient (Wildman–Crippen LogP) is 5.07. The smallest absolute Gasteiger partial charge is 0.126 e. The van der Waals surface area contributed by atoms with Crippen molar-refractivity contribution in [2.45, 2.75) is 32.2 Å². The second-order valence-electron chi connectivity index (χ2n) is 4.05. The van der Waals surface area contributed by atoms with E-state index in [-0.39, 0.29) is 1.55 Å². The van der Waals surface area contributed by atoms with Gasteiger partial charge in [0.1, 0.15) is 1.55 Å². The molecule has 0 saturated carbocycles. The lowest BCUT2D eigenvalue weighted by Gasteiger charge is -2.28. The van der Waals surface area contributed by atoms with Crippen molar-refractivity contribution >= 4 is 67.8 Å². The maximum Gasteiger partial charge on any atom is 0.126 e. The summed E-state index contributed by atoms with van der Waals surface area (Å²) in [7, 11) is 0. The molecule has 16 heavy (non-hydrogen) atoms. The van der Waals surface area contributed by atoms with Crippen molar-refractivity contribution in [1.82, 2.24) is 0 Å². The predicted molar refractivity (Wildman–Crippen MR) is 99.7 cm³/mol. The molecule has 3 atom stereocenters. The topological polar surface area (TPSA) is 26.0 Å². The Morgan fingerprint density at radius 1 is 1.44 bits per heavy atom. The summed E-state index contributed by atoms with van der Waals surface area (Å²) in [6.45, 7) is 8.27. The van der Waals surface area contributed by atoms with Gasteiger partial charge in [0.15, 0.2) is 0 Å². The minimum Gasteiger partial charge on any atom is -0.308 e. The van der Waals surface area contributed by atoms with Crippen molar-refractivity contribution < 1.29 is 0 Å². The molecule has 1 nitrogen and oxygen atoms in total. The zero-order valence-electron chi connectivity index (χ0n) is 9.80. The van der Waals surface area contributed by atoms with E-state index in [2.05, 4.69) is 100 Å². The van der Waals surface area contributed by atoms with E-state index in [4.69, 9.17) is 5.73 Å². The lowest BCUT2D eigenvalue weighted by molar-refractivity contribution is 0.480. The molecule has 0 fully saturated rings. The highest BCUT2D eigenvalue weighted by Gasteiger charge is 2.29. The van der Waals surface area contributed by atoms with E-state index in [0.29, 0.717) is 15.8 Å². The average molecular weight is 559 g/mol. The summed E-state index contributed by atoms with van der Waals surface area (Å²) in [4.78, 5) is 0. The molecule has 0 spiro atoms. The van der Waals surface area contributed by atoms with Gasteiger partial charge in [0.25, 0.3) is 0 Å². The monoisotopic (exact) mass is 559 g/mol. The first-order valence-electron chi connectivity index (χ1n) is 5.37. The average Bonchev–Trinajstić information content (AvgIpc) is 2.20. The molecule has 0 saturated heterocycles. The second kappa shape index (κ2) is 8.68. The minimum atomic E-state index is -0.221. The van der Waals surface area contributed by atoms with Crippen LogP contribution in [0.25, 0.3) is 0 Å². The normalized spacial score (nSPS) is 18.4. The molecule has 0 amide bonds. The molecule has 2 N–H and O–H groups in total. The maximum atomic E-state index is 6.12. The van der Waals surface area contributed by atoms with E-state index in [1.54, 1.807) is 0 Å². The van der Waals surface area contributed by atoms with Gasteiger partial charge in [0.05, 0.1) is 0 Å². The molecular weight excluding hydrogens is 539 g/mol. The van der Waals surface area contributed by atoms with E-state index in [1.165, 1.54) is 0 Å². The third kappa shape index (κ3) is 7.15. The molecule has 3 unspecified atom stereocenters. The van der Waals surface area contributed by atoms with Crippen LogP contribution < -0.4 is 5.73 Å². The fourth-order valence-corrected chi connectivity index (χ4v) is 3.24. The van der Waals surface area contributed by atoms with Crippen molar-refractivity contribution in [2.75, 3.05) is 0 Å². The molecule has 0 aliphatic heterocycles. The van der Waals surface area contributed by atoms with Crippen LogP contribution in [0.3, 0.4) is 0 Å². The summed E-state index contributed by atoms with van der Waals surface area (Å²) in [5.41, 5.74) is 6.12. The van der Waals surface area contributed by atoms with Crippen LogP contribution in [-0.2, 0) is 0 Å². The van der Waals surface area contributed by atoms with E-state index in [9.17, 15) is 0 Å². The fourth-order valence-electron chi connectivity index (χ4n) is 1.38. The number of hydrogen-bond acceptors (Lipinski definition) is 1. The van der Waals surface area contributed by atoms with Gasteiger partial charge >= 0.3 is 0 Å². The van der Waals surface area contributed by atoms with E-state index >= 15 is 0 Å². The lowest BCUT2D eigenvalue weighted by Crippen LogP contribution is -2.35. The van der Waals surface area contributed by atoms with Crippen LogP contribution in [0.15, 0.2) is 24.8 Å². The zero-order valence-corrected chi connectivity index (χ0v) is 16.3. The quantitative estimate of drug-likeness (QED) is 0.201. The van der Waals surface area contributed by atoms with Gasteiger partial charge in [-0.1, -0.05) is 47.7 Å². The molecule has 0 aromatic heterocycles. The first-order chi connectivity index (χ1) is 7.32. The van der Waals surface area contributed by atoms with E-state index in [1.807, 2.05) is 6.08 Å². The minimum absolute atomic E-state index is 0.221. The van der Waals surface area contributed by atoms with Crippen LogP contribution in [0.2, 0.25) is 0 Å². The summed E-state index contributed by atoms with van der Waals surface area (Å²) >= 11 is 7.14. The van der Waals surface area contributed by atoms with Gasteiger partial charge in [-0.3, -0.25) is 0 Å². The van der Waals surface area contributed by atoms with Crippen LogP contribution in [-0.4, -0.2) is 5.48 Å². The number of hydrogen-bond donors (Lipinski definition) is 1. The Morgan fingerprint density at radius 3 is 2.38 bits per heavy atom. The zero-order chi connectivity index (χ0) is 12.8. The van der Waals surface area contributed by atoms with Gasteiger partial charge in [-0.15, -0.1) is 6.58 Å². The van der Waals surface area contributed by atoms with Crippen molar-refractivity contribution in [2.24, 2.45) is 17.6 Å². The molecule has 0 aliphatic rings. The SMILES string of the molecule is C=CC(CC(I)C(C)C/C=C\C)C(N)(I)I. The number of halogens is 3. The third-order valence-electron chi connectivity index (χ3n) is 2.62. The summed E-state index contributed by atoms with van der Waals surface area (Å²) in [5.74, 6) is 1.05. The summed E-state index contributed by atoms with van der Waals surface area (Å²) in [6.07, 6.45) is 8.60. The Morgan fingerprint density at radius 2 is 2.00 bits per heavy atom. The van der Waals surface area contributed by atoms with Crippen molar-refractivity contribution in [1.29, 1.82) is 0 Å². The summed E-state index contributed by atoms with van der Waals surface area (Å²) in [6, 6.07) is 0. The van der Waals surface area contributed by atoms with Crippen molar-refractivity contribution in [3.8, 4) is 0 Å². The van der Waals surface area contributed by atoms with Gasteiger partial charge < -0.3 is 5.73 Å². The van der Waals surface area contributed by atoms with Crippen LogP contribution in [0.1, 0.15) is 26.7 Å². The molecule has 0 aliphatic carbocycles. The number of allylic oxidation sites excluding steroid dienone is 2. The van der Waals surface area contributed by atoms with E-state index in [0.717, 1.165) is 12.8 Å². The standard InChI is InChI=1S/C12H20I3N/c1-4-6-7-9(3)11(13)8-10(5-2)12(14,15)16/h4-6,9-11H,2,7-8,16H2,1,3H3/b6-4-. The lowest BCUT2D eigenvalue weighted by atomic mass is 9.94. The Balaban J connectivity index is 4.30. The molecule has 0 radical (unpaired) electrons. The highest BCUT2D eigenvalue weighted by Crippen LogP contribution is 2.37. The molecule has 0 rings (SSSR count). The molecule has 0 bridgehead atoms. The van der Waals surface area contributed by atoms with Gasteiger partial charge in [-0.2, -0.15) is 0 Å². The fraction of sp³-hybridized carbons (Fsp3) is 0.667. The van der Waals surface area contributed by atoms with Crippen LogP contribution in [0.4, 0.5) is 0 Å². The van der Waals surface area contributed by atoms with Gasteiger partial charge in [-0.05, 0) is 70.9 Å². The highest BCUT2D eigenvalue weighted by atomic mass is 127. The Labute approximate surface area is 140 Å². The number of rotatable bonds is 7.